The van der Waals surface area contributed by atoms with E-state index < -0.39 is 11.6 Å². The molecule has 0 aliphatic carbocycles. The van der Waals surface area contributed by atoms with Crippen LogP contribution in [0.1, 0.15) is 49.6 Å². The average Bonchev–Trinajstić information content (AvgIpc) is 3.45. The summed E-state index contributed by atoms with van der Waals surface area (Å²) in [6, 6.07) is 12.2. The molecule has 2 aromatic heterocycles. The first-order valence-corrected chi connectivity index (χ1v) is 14.1. The Balaban J connectivity index is 1.18. The van der Waals surface area contributed by atoms with Gasteiger partial charge in [0.1, 0.15) is 17.2 Å². The third-order valence-electron chi connectivity index (χ3n) is 7.81. The summed E-state index contributed by atoms with van der Waals surface area (Å²) < 4.78 is 34.9. The largest absolute Gasteiger partial charge is 0.444 e. The molecule has 2 aliphatic heterocycles. The molecule has 1 fully saturated rings. The van der Waals surface area contributed by atoms with E-state index in [0.29, 0.717) is 46.0 Å². The maximum Gasteiger partial charge on any atom is 0.278 e. The number of fused-ring (bicyclic) bond motifs is 2. The van der Waals surface area contributed by atoms with E-state index in [0.717, 1.165) is 42.8 Å². The van der Waals surface area contributed by atoms with Crippen molar-refractivity contribution in [1.29, 1.82) is 0 Å². The van der Waals surface area contributed by atoms with E-state index in [1.165, 1.54) is 6.07 Å². The molecule has 210 valence electrons. The van der Waals surface area contributed by atoms with Gasteiger partial charge < -0.3 is 18.8 Å². The van der Waals surface area contributed by atoms with Crippen LogP contribution in [0, 0.1) is 5.82 Å². The minimum atomic E-state index is -1.27. The van der Waals surface area contributed by atoms with Crippen molar-refractivity contribution in [3.63, 3.8) is 0 Å². The van der Waals surface area contributed by atoms with Crippen molar-refractivity contribution in [2.45, 2.75) is 57.6 Å². The molecule has 2 aromatic carbocycles. The van der Waals surface area contributed by atoms with Crippen molar-refractivity contribution < 1.29 is 18.6 Å². The standard InChI is InChI=1S/C29H30Cl2FN5O3/c1-17(38-3)15-37-26(33-23-14-25(31)34-35-28(23)37)16-36-11-9-18(10-12-36)20-5-4-6-24-27(20)40-29(2,39-24)21-8-7-19(30)13-22(21)32/h4-8,13-14,17-18H,9-12,15-16H2,1-3H3/t17?,29-/m0/s1. The molecule has 2 atom stereocenters. The highest BCUT2D eigenvalue weighted by Gasteiger charge is 2.43. The molecule has 1 unspecified atom stereocenters. The van der Waals surface area contributed by atoms with E-state index in [-0.39, 0.29) is 12.0 Å². The fraction of sp³-hybridized carbons (Fsp3) is 0.414. The summed E-state index contributed by atoms with van der Waals surface area (Å²) in [6.07, 6.45) is 1.87. The molecule has 0 amide bonds. The average molecular weight is 586 g/mol. The predicted octanol–water partition coefficient (Wildman–Crippen LogP) is 6.33. The molecule has 0 saturated carbocycles. The van der Waals surface area contributed by atoms with Crippen LogP contribution < -0.4 is 9.47 Å². The number of hydrogen-bond donors (Lipinski definition) is 0. The molecule has 40 heavy (non-hydrogen) atoms. The summed E-state index contributed by atoms with van der Waals surface area (Å²) in [4.78, 5) is 7.24. The highest BCUT2D eigenvalue weighted by Crippen LogP contribution is 2.49. The van der Waals surface area contributed by atoms with E-state index in [2.05, 4.69) is 25.7 Å². The van der Waals surface area contributed by atoms with Crippen LogP contribution in [0.4, 0.5) is 4.39 Å². The normalized spacial score (nSPS) is 20.4. The van der Waals surface area contributed by atoms with Crippen LogP contribution in [-0.4, -0.2) is 51.0 Å². The Kier molecular flexibility index (Phi) is 7.33. The van der Waals surface area contributed by atoms with Gasteiger partial charge in [0, 0.05) is 30.7 Å². The molecule has 4 aromatic rings. The topological polar surface area (TPSA) is 74.5 Å². The highest BCUT2D eigenvalue weighted by molar-refractivity contribution is 6.30. The smallest absolute Gasteiger partial charge is 0.278 e. The van der Waals surface area contributed by atoms with Gasteiger partial charge in [-0.25, -0.2) is 9.37 Å². The van der Waals surface area contributed by atoms with Crippen LogP contribution in [0.2, 0.25) is 10.2 Å². The Hall–Kier alpha value is -2.98. The van der Waals surface area contributed by atoms with E-state index in [4.69, 9.17) is 42.4 Å². The van der Waals surface area contributed by atoms with Crippen LogP contribution in [0.3, 0.4) is 0 Å². The minimum Gasteiger partial charge on any atom is -0.444 e. The van der Waals surface area contributed by atoms with Crippen LogP contribution >= 0.6 is 23.2 Å². The number of aromatic nitrogens is 4. The first-order valence-electron chi connectivity index (χ1n) is 13.3. The lowest BCUT2D eigenvalue weighted by Gasteiger charge is -2.32. The van der Waals surface area contributed by atoms with Gasteiger partial charge in [-0.15, -0.1) is 10.2 Å². The van der Waals surface area contributed by atoms with Gasteiger partial charge in [0.05, 0.1) is 24.8 Å². The van der Waals surface area contributed by atoms with Gasteiger partial charge in [0.25, 0.3) is 5.79 Å². The number of ether oxygens (including phenoxy) is 3. The molecule has 2 aliphatic rings. The summed E-state index contributed by atoms with van der Waals surface area (Å²) in [7, 11) is 1.69. The number of imidazole rings is 1. The monoisotopic (exact) mass is 585 g/mol. The van der Waals surface area contributed by atoms with Crippen LogP contribution in [0.25, 0.3) is 11.2 Å². The third-order valence-corrected chi connectivity index (χ3v) is 8.23. The fourth-order valence-corrected chi connectivity index (χ4v) is 5.93. The van der Waals surface area contributed by atoms with E-state index in [1.807, 2.05) is 19.1 Å². The zero-order chi connectivity index (χ0) is 28.0. The van der Waals surface area contributed by atoms with Gasteiger partial charge in [-0.2, -0.15) is 0 Å². The van der Waals surface area contributed by atoms with Crippen molar-refractivity contribution in [3.05, 3.63) is 75.4 Å². The second-order valence-electron chi connectivity index (χ2n) is 10.6. The minimum absolute atomic E-state index is 0.00575. The SMILES string of the molecule is COC(C)Cn1c(CN2CCC(c3cccc4c3O[C@@](C)(c3ccc(Cl)cc3F)O4)CC2)nc2cc(Cl)nnc21. The molecule has 6 rings (SSSR count). The maximum absolute atomic E-state index is 14.8. The maximum atomic E-state index is 14.8. The predicted molar refractivity (Wildman–Crippen MR) is 151 cm³/mol. The number of halogens is 3. The van der Waals surface area contributed by atoms with Crippen molar-refractivity contribution in [2.24, 2.45) is 0 Å². The molecular formula is C29H30Cl2FN5O3. The van der Waals surface area contributed by atoms with E-state index in [1.54, 1.807) is 32.2 Å². The summed E-state index contributed by atoms with van der Waals surface area (Å²) in [5.74, 6) is 0.770. The molecule has 8 nitrogen and oxygen atoms in total. The molecule has 0 radical (unpaired) electrons. The van der Waals surface area contributed by atoms with Crippen molar-refractivity contribution in [3.8, 4) is 11.5 Å². The van der Waals surface area contributed by atoms with Gasteiger partial charge >= 0.3 is 0 Å². The number of nitrogens with zero attached hydrogens (tertiary/aromatic N) is 5. The summed E-state index contributed by atoms with van der Waals surface area (Å²) in [5.41, 5.74) is 2.83. The van der Waals surface area contributed by atoms with Crippen molar-refractivity contribution >= 4 is 34.4 Å². The molecule has 1 saturated heterocycles. The number of likely N-dealkylation sites (tertiary alicyclic amines) is 1. The number of hydrogen-bond acceptors (Lipinski definition) is 7. The lowest BCUT2D eigenvalue weighted by molar-refractivity contribution is -0.0712. The lowest BCUT2D eigenvalue weighted by Crippen LogP contribution is -2.34. The van der Waals surface area contributed by atoms with Gasteiger partial charge in [0.2, 0.25) is 0 Å². The molecule has 0 bridgehead atoms. The van der Waals surface area contributed by atoms with Crippen LogP contribution in [0.15, 0.2) is 42.5 Å². The Bertz CT molecular complexity index is 1560. The quantitative estimate of drug-likeness (QED) is 0.251. The highest BCUT2D eigenvalue weighted by atomic mass is 35.5. The molecule has 4 heterocycles. The van der Waals surface area contributed by atoms with E-state index in [9.17, 15) is 4.39 Å². The Morgan fingerprint density at radius 1 is 1.12 bits per heavy atom. The lowest BCUT2D eigenvalue weighted by atomic mass is 9.88. The van der Waals surface area contributed by atoms with Gasteiger partial charge in [-0.3, -0.25) is 4.90 Å². The van der Waals surface area contributed by atoms with Crippen molar-refractivity contribution in [2.75, 3.05) is 20.2 Å². The van der Waals surface area contributed by atoms with Crippen LogP contribution in [-0.2, 0) is 23.6 Å². The van der Waals surface area contributed by atoms with Gasteiger partial charge in [-0.1, -0.05) is 35.3 Å². The number of benzene rings is 2. The van der Waals surface area contributed by atoms with Gasteiger partial charge in [0.15, 0.2) is 22.3 Å². The number of para-hydroxylation sites is 1. The van der Waals surface area contributed by atoms with Gasteiger partial charge in [-0.05, 0) is 63.0 Å². The first-order chi connectivity index (χ1) is 19.2. The summed E-state index contributed by atoms with van der Waals surface area (Å²) in [5, 5.41) is 8.97. The number of piperidine rings is 1. The number of methoxy groups -OCH3 is 1. The Morgan fingerprint density at radius 2 is 1.93 bits per heavy atom. The summed E-state index contributed by atoms with van der Waals surface area (Å²) in [6.45, 7) is 6.81. The van der Waals surface area contributed by atoms with E-state index >= 15 is 0 Å². The molecule has 0 spiro atoms. The van der Waals surface area contributed by atoms with Crippen molar-refractivity contribution in [1.82, 2.24) is 24.6 Å². The third kappa shape index (κ3) is 5.11. The zero-order valence-electron chi connectivity index (χ0n) is 22.5. The van der Waals surface area contributed by atoms with Crippen LogP contribution in [0.5, 0.6) is 11.5 Å². The fourth-order valence-electron chi connectivity index (χ4n) is 5.63. The summed E-state index contributed by atoms with van der Waals surface area (Å²) >= 11 is 12.0. The molecule has 11 heteroatoms. The molecular weight excluding hydrogens is 556 g/mol. The first kappa shape index (κ1) is 27.2. The zero-order valence-corrected chi connectivity index (χ0v) is 24.0. The second kappa shape index (κ2) is 10.8. The Morgan fingerprint density at radius 3 is 2.67 bits per heavy atom. The number of rotatable bonds is 7. The molecule has 0 N–H and O–H groups in total. The second-order valence-corrected chi connectivity index (χ2v) is 11.4. The Labute approximate surface area is 242 Å².